The second-order valence-electron chi connectivity index (χ2n) is 10.3. The molecule has 1 heterocycles. The van der Waals surface area contributed by atoms with E-state index >= 15 is 0 Å². The zero-order chi connectivity index (χ0) is 33.0. The van der Waals surface area contributed by atoms with Crippen molar-refractivity contribution in [1.29, 1.82) is 0 Å². The van der Waals surface area contributed by atoms with Crippen LogP contribution in [0.3, 0.4) is 0 Å². The van der Waals surface area contributed by atoms with Gasteiger partial charge in [0.1, 0.15) is 11.5 Å². The first-order chi connectivity index (χ1) is 20.1. The van der Waals surface area contributed by atoms with E-state index in [4.69, 9.17) is 21.1 Å². The van der Waals surface area contributed by atoms with Crippen LogP contribution in [0.4, 0.5) is 24.5 Å². The van der Waals surface area contributed by atoms with Gasteiger partial charge in [-0.25, -0.2) is 0 Å². The number of aryl methyl sites for hydroxylation is 1. The molecule has 0 aliphatic carbocycles. The van der Waals surface area contributed by atoms with Gasteiger partial charge < -0.3 is 25.9 Å². The maximum Gasteiger partial charge on any atom is 0.416 e. The van der Waals surface area contributed by atoms with E-state index in [1.54, 1.807) is 31.6 Å². The number of halogens is 3. The lowest BCUT2D eigenvalue weighted by molar-refractivity contribution is -0.137. The lowest BCUT2D eigenvalue weighted by Gasteiger charge is -2.32. The number of nitrogens with one attached hydrogen (secondary N) is 2. The number of anilines is 2. The zero-order valence-electron chi connectivity index (χ0n) is 26.4. The molecule has 0 fully saturated rings. The summed E-state index contributed by atoms with van der Waals surface area (Å²) in [7, 11) is 4.78. The van der Waals surface area contributed by atoms with E-state index in [1.807, 2.05) is 59.6 Å². The van der Waals surface area contributed by atoms with Crippen molar-refractivity contribution >= 4 is 17.3 Å². The van der Waals surface area contributed by atoms with E-state index in [-0.39, 0.29) is 29.1 Å². The summed E-state index contributed by atoms with van der Waals surface area (Å²) in [6, 6.07) is 8.59. The third-order valence-electron chi connectivity index (χ3n) is 6.39. The van der Waals surface area contributed by atoms with E-state index in [2.05, 4.69) is 15.7 Å². The fourth-order valence-electron chi connectivity index (χ4n) is 3.60. The largest absolute Gasteiger partial charge is 0.495 e. The van der Waals surface area contributed by atoms with Crippen LogP contribution in [-0.2, 0) is 19.3 Å². The van der Waals surface area contributed by atoms with Gasteiger partial charge >= 0.3 is 6.18 Å². The number of alkyl halides is 3. The molecule has 9 nitrogen and oxygen atoms in total. The first-order valence-corrected chi connectivity index (χ1v) is 13.7. The summed E-state index contributed by atoms with van der Waals surface area (Å²) in [5.74, 6) is 5.81. The molecule has 6 N–H and O–H groups in total. The highest BCUT2D eigenvalue weighted by atomic mass is 19.4. The number of nitrogen functional groups attached to an aromatic ring is 1. The molecule has 0 unspecified atom stereocenters. The van der Waals surface area contributed by atoms with Gasteiger partial charge in [0.2, 0.25) is 0 Å². The molecule has 1 aromatic heterocycles. The van der Waals surface area contributed by atoms with Crippen LogP contribution in [0.1, 0.15) is 67.2 Å². The Bertz CT molecular complexity index is 1310. The molecule has 12 heteroatoms. The number of nitrogens with two attached hydrogens (primary N) is 2. The third kappa shape index (κ3) is 11.0. The Labute approximate surface area is 252 Å². The molecule has 0 saturated heterocycles. The number of amides is 1. The topological polar surface area (TPSA) is 128 Å². The minimum Gasteiger partial charge on any atom is -0.495 e. The Morgan fingerprint density at radius 1 is 1.00 bits per heavy atom. The van der Waals surface area contributed by atoms with Crippen molar-refractivity contribution in [1.82, 2.24) is 9.88 Å². The molecule has 43 heavy (non-hydrogen) atoms. The number of benzene rings is 2. The fraction of sp³-hybridized carbons (Fsp3) is 0.419. The van der Waals surface area contributed by atoms with Crippen LogP contribution in [0.5, 0.6) is 11.5 Å². The molecular formula is C31H45F3N6O3. The third-order valence-corrected chi connectivity index (χ3v) is 6.39. The van der Waals surface area contributed by atoms with Gasteiger partial charge in [0.05, 0.1) is 37.4 Å². The first kappa shape index (κ1) is 37.2. The maximum absolute atomic E-state index is 13.6. The summed E-state index contributed by atoms with van der Waals surface area (Å²) >= 11 is 0. The van der Waals surface area contributed by atoms with E-state index in [1.165, 1.54) is 13.2 Å². The second kappa shape index (κ2) is 16.7. The average Bonchev–Trinajstić information content (AvgIpc) is 2.97. The number of carbonyl (C=O) groups is 1. The van der Waals surface area contributed by atoms with Crippen LogP contribution in [-0.4, -0.2) is 42.6 Å². The summed E-state index contributed by atoms with van der Waals surface area (Å²) in [6.45, 7) is 12.4. The van der Waals surface area contributed by atoms with Gasteiger partial charge in [0.15, 0.2) is 0 Å². The number of pyridine rings is 1. The Hall–Kier alpha value is -3.87. The Morgan fingerprint density at radius 2 is 1.65 bits per heavy atom. The highest BCUT2D eigenvalue weighted by molar-refractivity contribution is 6.05. The minimum absolute atomic E-state index is 0.0533. The quantitative estimate of drug-likeness (QED) is 0.172. The van der Waals surface area contributed by atoms with Crippen LogP contribution < -0.4 is 31.8 Å². The zero-order valence-corrected chi connectivity index (χ0v) is 26.4. The highest BCUT2D eigenvalue weighted by Crippen LogP contribution is 2.39. The van der Waals surface area contributed by atoms with E-state index in [0.717, 1.165) is 29.0 Å². The van der Waals surface area contributed by atoms with Crippen molar-refractivity contribution in [3.8, 4) is 11.5 Å². The summed E-state index contributed by atoms with van der Waals surface area (Å²) in [4.78, 5) is 18.6. The molecule has 0 aliphatic rings. The molecule has 1 amide bonds. The smallest absolute Gasteiger partial charge is 0.416 e. The Morgan fingerprint density at radius 3 is 2.16 bits per heavy atom. The summed E-state index contributed by atoms with van der Waals surface area (Å²) < 4.78 is 51.1. The molecule has 238 valence electrons. The second-order valence-corrected chi connectivity index (χ2v) is 10.3. The Balaban J connectivity index is 0.000000644. The number of methoxy groups -OCH3 is 2. The minimum atomic E-state index is -4.58. The van der Waals surface area contributed by atoms with Gasteiger partial charge in [-0.3, -0.25) is 20.5 Å². The standard InChI is InChI=1S/C22H29F3N4O2.C7H10N2O.C2H6/c1-13-7-8-14(10-17(13)28-26)20(30)27-18-11-16(22(23,24)25)9-15(19(18)31-6)12-29(5)21(2,3)4;1-10-7-2-6(3-8)4-9-5-7;1-2/h7-11,28H,12,26H2,1-6H3,(H,27,30);2,4-5H,3,8H2,1H3;1-2H3. The average molecular weight is 607 g/mol. The van der Waals surface area contributed by atoms with Crippen molar-refractivity contribution in [2.45, 2.75) is 66.3 Å². The molecule has 0 radical (unpaired) electrons. The predicted molar refractivity (Wildman–Crippen MR) is 166 cm³/mol. The van der Waals surface area contributed by atoms with Crippen LogP contribution in [0, 0.1) is 6.92 Å². The van der Waals surface area contributed by atoms with Crippen molar-refractivity contribution in [2.24, 2.45) is 11.6 Å². The van der Waals surface area contributed by atoms with Gasteiger partial charge in [-0.2, -0.15) is 13.2 Å². The van der Waals surface area contributed by atoms with Crippen molar-refractivity contribution < 1.29 is 27.4 Å². The highest BCUT2D eigenvalue weighted by Gasteiger charge is 2.33. The van der Waals surface area contributed by atoms with Crippen LogP contribution in [0.2, 0.25) is 0 Å². The number of ether oxygens (including phenoxy) is 2. The molecule has 0 atom stereocenters. The summed E-state index contributed by atoms with van der Waals surface area (Å²) in [5.41, 5.74) is 9.57. The number of carbonyl (C=O) groups excluding carboxylic acids is 1. The van der Waals surface area contributed by atoms with Gasteiger partial charge in [0, 0.05) is 36.0 Å². The van der Waals surface area contributed by atoms with Gasteiger partial charge in [-0.05, 0) is 76.2 Å². The fourth-order valence-corrected chi connectivity index (χ4v) is 3.60. The Kier molecular flexibility index (Phi) is 14.4. The van der Waals surface area contributed by atoms with Crippen molar-refractivity contribution in [3.05, 3.63) is 76.6 Å². The number of nitrogens with zero attached hydrogens (tertiary/aromatic N) is 2. The molecule has 0 bridgehead atoms. The normalized spacial score (nSPS) is 11.0. The molecule has 3 rings (SSSR count). The molecule has 3 aromatic rings. The number of aromatic nitrogens is 1. The summed E-state index contributed by atoms with van der Waals surface area (Å²) in [5, 5.41) is 2.56. The summed E-state index contributed by atoms with van der Waals surface area (Å²) in [6.07, 6.45) is -1.21. The molecule has 0 saturated carbocycles. The van der Waals surface area contributed by atoms with Crippen molar-refractivity contribution in [2.75, 3.05) is 32.0 Å². The van der Waals surface area contributed by atoms with Crippen LogP contribution in [0.15, 0.2) is 48.8 Å². The number of hydrogen-bond acceptors (Lipinski definition) is 8. The lowest BCUT2D eigenvalue weighted by Crippen LogP contribution is -2.37. The van der Waals surface area contributed by atoms with Gasteiger partial charge in [-0.1, -0.05) is 19.9 Å². The van der Waals surface area contributed by atoms with E-state index in [9.17, 15) is 18.0 Å². The van der Waals surface area contributed by atoms with Gasteiger partial charge in [-0.15, -0.1) is 0 Å². The first-order valence-electron chi connectivity index (χ1n) is 13.7. The van der Waals surface area contributed by atoms with E-state index < -0.39 is 17.6 Å². The number of hydrogen-bond donors (Lipinski definition) is 4. The predicted octanol–water partition coefficient (Wildman–Crippen LogP) is 6.37. The van der Waals surface area contributed by atoms with Crippen LogP contribution in [0.25, 0.3) is 0 Å². The number of hydrazine groups is 1. The molecule has 2 aromatic carbocycles. The van der Waals surface area contributed by atoms with Gasteiger partial charge in [0.25, 0.3) is 5.91 Å². The van der Waals surface area contributed by atoms with E-state index in [0.29, 0.717) is 17.8 Å². The molecular weight excluding hydrogens is 561 g/mol. The molecule has 0 spiro atoms. The maximum atomic E-state index is 13.6. The SMILES string of the molecule is CC.COc1c(CN(C)C(C)(C)C)cc(C(F)(F)F)cc1NC(=O)c1ccc(C)c(NN)c1.COc1cncc(CN)c1. The monoisotopic (exact) mass is 606 g/mol. The van der Waals surface area contributed by atoms with Crippen molar-refractivity contribution in [3.63, 3.8) is 0 Å². The molecule has 0 aliphatic heterocycles. The lowest BCUT2D eigenvalue weighted by atomic mass is 10.0. The van der Waals surface area contributed by atoms with Crippen LogP contribution >= 0.6 is 0 Å². The number of rotatable bonds is 8.